The monoisotopic (exact) mass is 526 g/mol. The lowest BCUT2D eigenvalue weighted by molar-refractivity contribution is 0.0621. The second kappa shape index (κ2) is 9.19. The molecule has 0 bridgehead atoms. The van der Waals surface area contributed by atoms with Crippen LogP contribution in [0.4, 0.5) is 19.3 Å². The Bertz CT molecular complexity index is 1480. The van der Waals surface area contributed by atoms with E-state index in [2.05, 4.69) is 10.3 Å². The van der Waals surface area contributed by atoms with Gasteiger partial charge in [-0.15, -0.1) is 0 Å². The van der Waals surface area contributed by atoms with Gasteiger partial charge in [0.15, 0.2) is 9.84 Å². The highest BCUT2D eigenvalue weighted by Gasteiger charge is 2.34. The number of carbonyl (C=O) groups is 1. The molecule has 0 radical (unpaired) electrons. The van der Waals surface area contributed by atoms with Crippen LogP contribution in [0.1, 0.15) is 48.1 Å². The minimum Gasteiger partial charge on any atom is -0.495 e. The van der Waals surface area contributed by atoms with E-state index in [1.807, 2.05) is 0 Å². The van der Waals surface area contributed by atoms with E-state index < -0.39 is 44.1 Å². The smallest absolute Gasteiger partial charge is 0.412 e. The lowest BCUT2D eigenvalue weighted by Crippen LogP contribution is -2.31. The average molecular weight is 527 g/mol. The highest BCUT2D eigenvalue weighted by Crippen LogP contribution is 2.34. The van der Waals surface area contributed by atoms with Crippen LogP contribution in [0.3, 0.4) is 0 Å². The van der Waals surface area contributed by atoms with Crippen LogP contribution in [0, 0.1) is 0 Å². The molecule has 0 fully saturated rings. The first-order valence-corrected chi connectivity index (χ1v) is 12.3. The van der Waals surface area contributed by atoms with Crippen LogP contribution in [-0.2, 0) is 14.6 Å². The second-order valence-corrected chi connectivity index (χ2v) is 12.6. The van der Waals surface area contributed by atoms with Crippen molar-refractivity contribution >= 4 is 27.3 Å². The Labute approximate surface area is 206 Å². The molecule has 0 aliphatic carbocycles. The molecule has 3 heterocycles. The highest BCUT2D eigenvalue weighted by molar-refractivity contribution is 7.92. The Morgan fingerprint density at radius 1 is 1.11 bits per heavy atom. The number of imidazole rings is 1. The summed E-state index contributed by atoms with van der Waals surface area (Å²) in [7, 11) is -2.56. The second-order valence-electron chi connectivity index (χ2n) is 9.95. The normalized spacial score (nSPS) is 12.7. The number of amides is 1. The number of carbonyl (C=O) groups excluding carboxylic acids is 1. The quantitative estimate of drug-likeness (QED) is 0.520. The molecule has 3 rings (SSSR count). The summed E-state index contributed by atoms with van der Waals surface area (Å²) in [6, 6.07) is 2.60. The molecule has 0 spiro atoms. The fourth-order valence-electron chi connectivity index (χ4n) is 3.28. The van der Waals surface area contributed by atoms with Gasteiger partial charge in [-0.05, 0) is 47.6 Å². The fourth-order valence-corrected chi connectivity index (χ4v) is 4.59. The molecule has 0 saturated carbocycles. The average Bonchev–Trinajstić information content (AvgIpc) is 3.14. The van der Waals surface area contributed by atoms with Crippen molar-refractivity contribution in [1.82, 2.24) is 14.0 Å². The maximum Gasteiger partial charge on any atom is 0.412 e. The largest absolute Gasteiger partial charge is 0.495 e. The van der Waals surface area contributed by atoms with Crippen LogP contribution in [0.25, 0.3) is 16.9 Å². The van der Waals surface area contributed by atoms with Crippen molar-refractivity contribution in [2.45, 2.75) is 63.3 Å². The predicted octanol–water partition coefficient (Wildman–Crippen LogP) is 4.49. The lowest BCUT2D eigenvalue weighted by Gasteiger charge is -2.21. The molecule has 36 heavy (non-hydrogen) atoms. The van der Waals surface area contributed by atoms with Crippen LogP contribution in [0.5, 0.6) is 5.75 Å². The molecule has 0 atom stereocenters. The van der Waals surface area contributed by atoms with Gasteiger partial charge < -0.3 is 9.47 Å². The standard InChI is InChI=1S/C23H28F2N4O6S/c1-22(2,3)35-21(31)27-14-8-13(11-29(19(14)30)20(24)25)15-10-26-18-9-16(34-7)17(12-28(15)18)36(32,33)23(4,5)6/h8-12,20H,1-7H3,(H,27,31). The van der Waals surface area contributed by atoms with E-state index >= 15 is 0 Å². The van der Waals surface area contributed by atoms with Crippen molar-refractivity contribution in [3.8, 4) is 17.0 Å². The highest BCUT2D eigenvalue weighted by atomic mass is 32.2. The van der Waals surface area contributed by atoms with Crippen molar-refractivity contribution in [1.29, 1.82) is 0 Å². The number of anilines is 1. The number of hydrogen-bond donors (Lipinski definition) is 1. The third kappa shape index (κ3) is 5.20. The molecule has 10 nitrogen and oxygen atoms in total. The Hall–Kier alpha value is -3.48. The van der Waals surface area contributed by atoms with Gasteiger partial charge in [-0.2, -0.15) is 8.78 Å². The Kier molecular flexibility index (Phi) is 6.92. The van der Waals surface area contributed by atoms with Gasteiger partial charge in [0, 0.05) is 24.0 Å². The number of methoxy groups -OCH3 is 1. The number of nitrogens with one attached hydrogen (secondary N) is 1. The summed E-state index contributed by atoms with van der Waals surface area (Å²) in [6.07, 6.45) is 2.52. The van der Waals surface area contributed by atoms with Gasteiger partial charge in [0.05, 0.1) is 23.7 Å². The van der Waals surface area contributed by atoms with Gasteiger partial charge in [-0.1, -0.05) is 0 Å². The Morgan fingerprint density at radius 2 is 1.75 bits per heavy atom. The number of ether oxygens (including phenoxy) is 2. The van der Waals surface area contributed by atoms with Crippen molar-refractivity contribution in [3.05, 3.63) is 41.1 Å². The number of rotatable bonds is 5. The summed E-state index contributed by atoms with van der Waals surface area (Å²) >= 11 is 0. The Balaban J connectivity index is 2.25. The predicted molar refractivity (Wildman–Crippen MR) is 129 cm³/mol. The van der Waals surface area contributed by atoms with E-state index in [0.717, 1.165) is 6.20 Å². The summed E-state index contributed by atoms with van der Waals surface area (Å²) in [5, 5.41) is 2.21. The van der Waals surface area contributed by atoms with Gasteiger partial charge in [0.1, 0.15) is 27.6 Å². The molecule has 1 N–H and O–H groups in total. The molecular weight excluding hydrogens is 498 g/mol. The van der Waals surface area contributed by atoms with Gasteiger partial charge in [0.25, 0.3) is 5.56 Å². The van der Waals surface area contributed by atoms with Crippen LogP contribution in [0.2, 0.25) is 0 Å². The maximum absolute atomic E-state index is 13.7. The minimum absolute atomic E-state index is 0.0673. The number of hydrogen-bond acceptors (Lipinski definition) is 7. The summed E-state index contributed by atoms with van der Waals surface area (Å²) < 4.78 is 64.6. The molecule has 0 saturated heterocycles. The van der Waals surface area contributed by atoms with Crippen molar-refractivity contribution in [2.24, 2.45) is 0 Å². The van der Waals surface area contributed by atoms with E-state index in [1.165, 1.54) is 56.8 Å². The van der Waals surface area contributed by atoms with Gasteiger partial charge >= 0.3 is 12.6 Å². The zero-order valence-corrected chi connectivity index (χ0v) is 21.7. The molecule has 3 aromatic heterocycles. The zero-order valence-electron chi connectivity index (χ0n) is 20.9. The van der Waals surface area contributed by atoms with Crippen LogP contribution in [0.15, 0.2) is 40.4 Å². The third-order valence-electron chi connectivity index (χ3n) is 5.08. The van der Waals surface area contributed by atoms with E-state index in [9.17, 15) is 26.8 Å². The van der Waals surface area contributed by atoms with Gasteiger partial charge in [0.2, 0.25) is 0 Å². The first-order valence-electron chi connectivity index (χ1n) is 10.8. The molecule has 13 heteroatoms. The third-order valence-corrected chi connectivity index (χ3v) is 7.57. The van der Waals surface area contributed by atoms with Crippen molar-refractivity contribution < 1.29 is 31.5 Å². The first kappa shape index (κ1) is 27.1. The molecule has 1 amide bonds. The number of alkyl halides is 2. The van der Waals surface area contributed by atoms with E-state index in [0.29, 0.717) is 0 Å². The molecule has 0 aliphatic rings. The number of halogens is 2. The molecule has 0 aliphatic heterocycles. The van der Waals surface area contributed by atoms with E-state index in [4.69, 9.17) is 9.47 Å². The summed E-state index contributed by atoms with van der Waals surface area (Å²) in [5.41, 5.74) is -1.96. The minimum atomic E-state index is -3.88. The molecule has 3 aromatic rings. The molecule has 0 aromatic carbocycles. The van der Waals surface area contributed by atoms with E-state index in [-0.39, 0.29) is 32.1 Å². The van der Waals surface area contributed by atoms with Crippen LogP contribution < -0.4 is 15.6 Å². The fraction of sp³-hybridized carbons (Fsp3) is 0.435. The summed E-state index contributed by atoms with van der Waals surface area (Å²) in [4.78, 5) is 28.9. The number of pyridine rings is 2. The SMILES string of the molecule is COc1cc2ncc(-c3cc(NC(=O)OC(C)(C)C)c(=O)n(C(F)F)c3)n2cc1S(=O)(=O)C(C)(C)C. The van der Waals surface area contributed by atoms with Crippen LogP contribution >= 0.6 is 0 Å². The van der Waals surface area contributed by atoms with Crippen molar-refractivity contribution in [3.63, 3.8) is 0 Å². The number of aromatic nitrogens is 3. The topological polar surface area (TPSA) is 121 Å². The zero-order chi connectivity index (χ0) is 27.2. The number of nitrogens with zero attached hydrogens (tertiary/aromatic N) is 3. The number of fused-ring (bicyclic) bond motifs is 1. The van der Waals surface area contributed by atoms with Crippen molar-refractivity contribution in [2.75, 3.05) is 12.4 Å². The Morgan fingerprint density at radius 3 is 2.28 bits per heavy atom. The lowest BCUT2D eigenvalue weighted by atomic mass is 10.2. The molecule has 196 valence electrons. The number of sulfone groups is 1. The molecular formula is C23H28F2N4O6S. The van der Waals surface area contributed by atoms with Crippen LogP contribution in [-0.4, -0.2) is 45.9 Å². The summed E-state index contributed by atoms with van der Waals surface area (Å²) in [6.45, 7) is 6.21. The first-order chi connectivity index (χ1) is 16.5. The van der Waals surface area contributed by atoms with E-state index in [1.54, 1.807) is 20.8 Å². The van der Waals surface area contributed by atoms with Gasteiger partial charge in [-0.3, -0.25) is 19.1 Å². The summed E-state index contributed by atoms with van der Waals surface area (Å²) in [5.74, 6) is 0.0689. The molecule has 0 unspecified atom stereocenters. The maximum atomic E-state index is 13.7. The van der Waals surface area contributed by atoms with Gasteiger partial charge in [-0.25, -0.2) is 18.2 Å².